The van der Waals surface area contributed by atoms with E-state index in [2.05, 4.69) is 9.97 Å². The molecule has 0 fully saturated rings. The number of rotatable bonds is 2. The van der Waals surface area contributed by atoms with Gasteiger partial charge in [0.05, 0.1) is 19.2 Å². The summed E-state index contributed by atoms with van der Waals surface area (Å²) in [5, 5.41) is 0. The summed E-state index contributed by atoms with van der Waals surface area (Å²) in [6, 6.07) is 0. The van der Waals surface area contributed by atoms with Gasteiger partial charge in [-0.05, 0) is 0 Å². The van der Waals surface area contributed by atoms with E-state index in [9.17, 15) is 0 Å². The number of methoxy groups -OCH3 is 1. The summed E-state index contributed by atoms with van der Waals surface area (Å²) in [5.74, 6) is 0.989. The predicted octanol–water partition coefficient (Wildman–Crippen LogP) is 1.22. The lowest BCUT2D eigenvalue weighted by Crippen LogP contribution is -1.93. The maximum atomic E-state index is 5.54. The standard InChI is InChI=1S/C6H7ClN2O/c1-10-6-3-8-4-9-5(6)2-7/h3-4H,2H2,1H3. The first-order chi connectivity index (χ1) is 4.88. The highest BCUT2D eigenvalue weighted by atomic mass is 35.5. The van der Waals surface area contributed by atoms with Crippen LogP contribution in [0, 0.1) is 0 Å². The summed E-state index contributed by atoms with van der Waals surface area (Å²) < 4.78 is 4.93. The van der Waals surface area contributed by atoms with Crippen LogP contribution in [0.25, 0.3) is 0 Å². The zero-order chi connectivity index (χ0) is 7.40. The molecule has 0 saturated carbocycles. The van der Waals surface area contributed by atoms with E-state index in [1.807, 2.05) is 0 Å². The Morgan fingerprint density at radius 3 is 3.00 bits per heavy atom. The monoisotopic (exact) mass is 158 g/mol. The molecule has 1 rings (SSSR count). The van der Waals surface area contributed by atoms with E-state index in [4.69, 9.17) is 16.3 Å². The highest BCUT2D eigenvalue weighted by Gasteiger charge is 1.99. The molecule has 1 aromatic rings. The fraction of sp³-hybridized carbons (Fsp3) is 0.333. The van der Waals surface area contributed by atoms with Gasteiger partial charge in [-0.3, -0.25) is 0 Å². The maximum Gasteiger partial charge on any atom is 0.159 e. The Morgan fingerprint density at radius 1 is 1.70 bits per heavy atom. The van der Waals surface area contributed by atoms with Crippen molar-refractivity contribution >= 4 is 11.6 Å². The molecule has 0 spiro atoms. The van der Waals surface area contributed by atoms with Crippen LogP contribution in [0.2, 0.25) is 0 Å². The maximum absolute atomic E-state index is 5.54. The van der Waals surface area contributed by atoms with E-state index < -0.39 is 0 Å². The molecule has 0 unspecified atom stereocenters. The molecule has 0 aliphatic rings. The lowest BCUT2D eigenvalue weighted by Gasteiger charge is -2.00. The van der Waals surface area contributed by atoms with Crippen LogP contribution in [0.3, 0.4) is 0 Å². The number of hydrogen-bond acceptors (Lipinski definition) is 3. The van der Waals surface area contributed by atoms with Crippen molar-refractivity contribution in [1.82, 2.24) is 9.97 Å². The molecule has 0 radical (unpaired) electrons. The second-order valence-electron chi connectivity index (χ2n) is 1.67. The van der Waals surface area contributed by atoms with Gasteiger partial charge in [-0.2, -0.15) is 0 Å². The zero-order valence-corrected chi connectivity index (χ0v) is 6.30. The highest BCUT2D eigenvalue weighted by molar-refractivity contribution is 6.17. The molecule has 1 aromatic heterocycles. The molecule has 0 aliphatic heterocycles. The van der Waals surface area contributed by atoms with Crippen molar-refractivity contribution < 1.29 is 4.74 Å². The molecular weight excluding hydrogens is 152 g/mol. The first-order valence-electron chi connectivity index (χ1n) is 2.77. The van der Waals surface area contributed by atoms with Crippen LogP contribution in [0.1, 0.15) is 5.69 Å². The number of alkyl halides is 1. The third-order valence-corrected chi connectivity index (χ3v) is 1.36. The van der Waals surface area contributed by atoms with E-state index in [0.717, 1.165) is 5.69 Å². The van der Waals surface area contributed by atoms with E-state index in [1.165, 1.54) is 6.33 Å². The number of hydrogen-bond donors (Lipinski definition) is 0. The molecule has 0 N–H and O–H groups in total. The van der Waals surface area contributed by atoms with Crippen molar-refractivity contribution in [3.63, 3.8) is 0 Å². The molecule has 0 amide bonds. The van der Waals surface area contributed by atoms with E-state index in [1.54, 1.807) is 13.3 Å². The van der Waals surface area contributed by atoms with E-state index in [-0.39, 0.29) is 0 Å². The second kappa shape index (κ2) is 3.37. The third-order valence-electron chi connectivity index (χ3n) is 1.10. The summed E-state index contributed by atoms with van der Waals surface area (Å²) in [6.07, 6.45) is 3.03. The van der Waals surface area contributed by atoms with Gasteiger partial charge in [-0.25, -0.2) is 9.97 Å². The topological polar surface area (TPSA) is 35.0 Å². The number of ether oxygens (including phenoxy) is 1. The molecule has 10 heavy (non-hydrogen) atoms. The number of nitrogens with zero attached hydrogens (tertiary/aromatic N) is 2. The fourth-order valence-corrected chi connectivity index (χ4v) is 0.814. The van der Waals surface area contributed by atoms with Crippen LogP contribution in [0.5, 0.6) is 5.75 Å². The zero-order valence-electron chi connectivity index (χ0n) is 5.54. The minimum atomic E-state index is 0.353. The minimum Gasteiger partial charge on any atom is -0.493 e. The van der Waals surface area contributed by atoms with Gasteiger partial charge in [0, 0.05) is 0 Å². The van der Waals surface area contributed by atoms with E-state index in [0.29, 0.717) is 11.6 Å². The Hall–Kier alpha value is -0.830. The lowest BCUT2D eigenvalue weighted by atomic mass is 10.4. The van der Waals surface area contributed by atoms with E-state index >= 15 is 0 Å². The average Bonchev–Trinajstić information content (AvgIpc) is 2.04. The van der Waals surface area contributed by atoms with Crippen molar-refractivity contribution in [1.29, 1.82) is 0 Å². The van der Waals surface area contributed by atoms with Crippen LogP contribution in [0.4, 0.5) is 0 Å². The van der Waals surface area contributed by atoms with Crippen LogP contribution < -0.4 is 4.74 Å². The summed E-state index contributed by atoms with van der Waals surface area (Å²) in [6.45, 7) is 0. The largest absolute Gasteiger partial charge is 0.493 e. The van der Waals surface area contributed by atoms with Crippen LogP contribution in [-0.2, 0) is 5.88 Å². The lowest BCUT2D eigenvalue weighted by molar-refractivity contribution is 0.406. The van der Waals surface area contributed by atoms with Gasteiger partial charge in [-0.15, -0.1) is 11.6 Å². The summed E-state index contributed by atoms with van der Waals surface area (Å²) in [4.78, 5) is 7.67. The third kappa shape index (κ3) is 1.36. The second-order valence-corrected chi connectivity index (χ2v) is 1.94. The molecule has 0 atom stereocenters. The quantitative estimate of drug-likeness (QED) is 0.608. The predicted molar refractivity (Wildman–Crippen MR) is 38.1 cm³/mol. The summed E-state index contributed by atoms with van der Waals surface area (Å²) in [7, 11) is 1.56. The molecular formula is C6H7ClN2O. The molecule has 54 valence electrons. The molecule has 0 saturated heterocycles. The van der Waals surface area contributed by atoms with Crippen LogP contribution >= 0.6 is 11.6 Å². The Morgan fingerprint density at radius 2 is 2.50 bits per heavy atom. The van der Waals surface area contributed by atoms with Gasteiger partial charge in [0.25, 0.3) is 0 Å². The molecule has 0 bridgehead atoms. The Bertz CT molecular complexity index is 194. The highest BCUT2D eigenvalue weighted by Crippen LogP contribution is 2.14. The Balaban J connectivity index is 2.96. The molecule has 0 aliphatic carbocycles. The summed E-state index contributed by atoms with van der Waals surface area (Å²) in [5.41, 5.74) is 0.721. The van der Waals surface area contributed by atoms with Crippen molar-refractivity contribution in [2.75, 3.05) is 7.11 Å². The molecule has 4 heteroatoms. The van der Waals surface area contributed by atoms with Crippen molar-refractivity contribution in [2.24, 2.45) is 0 Å². The minimum absolute atomic E-state index is 0.353. The number of aromatic nitrogens is 2. The van der Waals surface area contributed by atoms with Crippen LogP contribution in [0.15, 0.2) is 12.5 Å². The van der Waals surface area contributed by atoms with Crippen molar-refractivity contribution in [3.8, 4) is 5.75 Å². The van der Waals surface area contributed by atoms with Crippen LogP contribution in [-0.4, -0.2) is 17.1 Å². The van der Waals surface area contributed by atoms with Gasteiger partial charge >= 0.3 is 0 Å². The Labute approximate surface area is 64.0 Å². The van der Waals surface area contributed by atoms with Gasteiger partial charge < -0.3 is 4.74 Å². The molecule has 1 heterocycles. The Kier molecular flexibility index (Phi) is 2.45. The molecule has 0 aromatic carbocycles. The van der Waals surface area contributed by atoms with Crippen molar-refractivity contribution in [3.05, 3.63) is 18.2 Å². The SMILES string of the molecule is COc1cncnc1CCl. The first-order valence-corrected chi connectivity index (χ1v) is 3.30. The van der Waals surface area contributed by atoms with Gasteiger partial charge in [0.1, 0.15) is 12.0 Å². The first kappa shape index (κ1) is 7.28. The number of halogens is 1. The van der Waals surface area contributed by atoms with Gasteiger partial charge in [0.15, 0.2) is 5.75 Å². The van der Waals surface area contributed by atoms with Gasteiger partial charge in [-0.1, -0.05) is 0 Å². The van der Waals surface area contributed by atoms with Gasteiger partial charge in [0.2, 0.25) is 0 Å². The molecule has 3 nitrogen and oxygen atoms in total. The fourth-order valence-electron chi connectivity index (χ4n) is 0.613. The normalized spacial score (nSPS) is 9.40. The smallest absolute Gasteiger partial charge is 0.159 e. The summed E-state index contributed by atoms with van der Waals surface area (Å²) >= 11 is 5.54. The average molecular weight is 159 g/mol. The van der Waals surface area contributed by atoms with Crippen molar-refractivity contribution in [2.45, 2.75) is 5.88 Å².